The van der Waals surface area contributed by atoms with E-state index in [0.29, 0.717) is 12.0 Å². The Morgan fingerprint density at radius 3 is 2.85 bits per heavy atom. The molecule has 0 saturated carbocycles. The summed E-state index contributed by atoms with van der Waals surface area (Å²) in [5.41, 5.74) is 3.05. The SMILES string of the molecule is CCCNC(c1cc(Br)c(C)s1)C1Cc2ccccc21. The van der Waals surface area contributed by atoms with Gasteiger partial charge in [0.2, 0.25) is 0 Å². The molecule has 0 amide bonds. The Morgan fingerprint density at radius 2 is 2.20 bits per heavy atom. The van der Waals surface area contributed by atoms with E-state index >= 15 is 0 Å². The summed E-state index contributed by atoms with van der Waals surface area (Å²) in [6, 6.07) is 11.6. The zero-order chi connectivity index (χ0) is 14.1. The second-order valence-corrected chi connectivity index (χ2v) is 7.64. The molecule has 2 atom stereocenters. The quantitative estimate of drug-likeness (QED) is 0.782. The van der Waals surface area contributed by atoms with Crippen LogP contribution in [0.3, 0.4) is 0 Å². The van der Waals surface area contributed by atoms with Gasteiger partial charge in [0.15, 0.2) is 0 Å². The van der Waals surface area contributed by atoms with Crippen LogP contribution in [0.4, 0.5) is 0 Å². The number of benzene rings is 1. The highest BCUT2D eigenvalue weighted by Crippen LogP contribution is 2.45. The van der Waals surface area contributed by atoms with Crippen LogP contribution >= 0.6 is 27.3 Å². The van der Waals surface area contributed by atoms with Crippen LogP contribution in [0.1, 0.15) is 46.2 Å². The van der Waals surface area contributed by atoms with Crippen molar-refractivity contribution in [2.24, 2.45) is 0 Å². The minimum absolute atomic E-state index is 0.458. The molecule has 1 aliphatic rings. The first-order chi connectivity index (χ1) is 9.70. The maximum atomic E-state index is 3.76. The summed E-state index contributed by atoms with van der Waals surface area (Å²) in [6.45, 7) is 5.50. The standard InChI is InChI=1S/C17H20BrNS/c1-3-8-19-17(16-10-15(18)11(2)20-16)14-9-12-6-4-5-7-13(12)14/h4-7,10,14,17,19H,3,8-9H2,1-2H3. The van der Waals surface area contributed by atoms with Crippen LogP contribution in [0.2, 0.25) is 0 Å². The minimum Gasteiger partial charge on any atom is -0.309 e. The van der Waals surface area contributed by atoms with E-state index in [1.807, 2.05) is 11.3 Å². The zero-order valence-corrected chi connectivity index (χ0v) is 14.4. The van der Waals surface area contributed by atoms with E-state index in [-0.39, 0.29) is 0 Å². The van der Waals surface area contributed by atoms with Gasteiger partial charge in [0, 0.05) is 26.2 Å². The molecule has 1 aromatic carbocycles. The molecule has 106 valence electrons. The molecule has 1 nitrogen and oxygen atoms in total. The Kier molecular flexibility index (Phi) is 4.29. The summed E-state index contributed by atoms with van der Waals surface area (Å²) < 4.78 is 1.24. The number of rotatable bonds is 5. The molecule has 0 saturated heterocycles. The zero-order valence-electron chi connectivity index (χ0n) is 11.9. The molecule has 1 N–H and O–H groups in total. The Bertz CT molecular complexity index is 585. The number of nitrogens with one attached hydrogen (secondary N) is 1. The van der Waals surface area contributed by atoms with Crippen molar-refractivity contribution < 1.29 is 0 Å². The molecule has 0 radical (unpaired) electrons. The highest BCUT2D eigenvalue weighted by atomic mass is 79.9. The van der Waals surface area contributed by atoms with Gasteiger partial charge in [-0.1, -0.05) is 31.2 Å². The van der Waals surface area contributed by atoms with Gasteiger partial charge in [-0.2, -0.15) is 0 Å². The van der Waals surface area contributed by atoms with Gasteiger partial charge in [-0.25, -0.2) is 0 Å². The number of thiophene rings is 1. The van der Waals surface area contributed by atoms with Gasteiger partial charge in [-0.15, -0.1) is 11.3 Å². The fourth-order valence-corrected chi connectivity index (χ4v) is 4.67. The van der Waals surface area contributed by atoms with Crippen molar-refractivity contribution in [1.82, 2.24) is 5.32 Å². The first-order valence-corrected chi connectivity index (χ1v) is 8.88. The maximum absolute atomic E-state index is 3.76. The van der Waals surface area contributed by atoms with E-state index in [9.17, 15) is 0 Å². The molecule has 0 spiro atoms. The third-order valence-electron chi connectivity index (χ3n) is 4.09. The van der Waals surface area contributed by atoms with Gasteiger partial charge < -0.3 is 5.32 Å². The Hall–Kier alpha value is -0.640. The van der Waals surface area contributed by atoms with Gasteiger partial charge in [0.25, 0.3) is 0 Å². The lowest BCUT2D eigenvalue weighted by atomic mass is 9.73. The molecule has 0 bridgehead atoms. The fraction of sp³-hybridized carbons (Fsp3) is 0.412. The van der Waals surface area contributed by atoms with Gasteiger partial charge in [0.05, 0.1) is 0 Å². The van der Waals surface area contributed by atoms with Crippen LogP contribution in [-0.2, 0) is 6.42 Å². The number of fused-ring (bicyclic) bond motifs is 1. The highest BCUT2D eigenvalue weighted by molar-refractivity contribution is 9.10. The lowest BCUT2D eigenvalue weighted by Crippen LogP contribution is -2.33. The lowest BCUT2D eigenvalue weighted by Gasteiger charge is -2.36. The minimum atomic E-state index is 0.458. The average molecular weight is 350 g/mol. The maximum Gasteiger partial charge on any atom is 0.0488 e. The van der Waals surface area contributed by atoms with E-state index in [4.69, 9.17) is 0 Å². The van der Waals surface area contributed by atoms with Crippen molar-refractivity contribution in [3.8, 4) is 0 Å². The molecule has 1 aliphatic carbocycles. The van der Waals surface area contributed by atoms with Crippen LogP contribution in [-0.4, -0.2) is 6.54 Å². The van der Waals surface area contributed by atoms with Crippen LogP contribution in [0.15, 0.2) is 34.8 Å². The monoisotopic (exact) mass is 349 g/mol. The van der Waals surface area contributed by atoms with Gasteiger partial charge in [-0.3, -0.25) is 0 Å². The largest absolute Gasteiger partial charge is 0.309 e. The van der Waals surface area contributed by atoms with Crippen LogP contribution in [0.5, 0.6) is 0 Å². The molecule has 0 aliphatic heterocycles. The number of aryl methyl sites for hydroxylation is 1. The predicted molar refractivity (Wildman–Crippen MR) is 90.7 cm³/mol. The predicted octanol–water partition coefficient (Wildman–Crippen LogP) is 5.20. The Labute approximate surface area is 133 Å². The molecule has 2 aromatic rings. The van der Waals surface area contributed by atoms with E-state index < -0.39 is 0 Å². The highest BCUT2D eigenvalue weighted by Gasteiger charge is 2.34. The fourth-order valence-electron chi connectivity index (χ4n) is 2.97. The van der Waals surface area contributed by atoms with Crippen molar-refractivity contribution in [2.45, 2.75) is 38.6 Å². The molecule has 1 aromatic heterocycles. The summed E-state index contributed by atoms with van der Waals surface area (Å²) >= 11 is 5.57. The van der Waals surface area contributed by atoms with E-state index in [1.165, 1.54) is 38.2 Å². The van der Waals surface area contributed by atoms with E-state index in [2.05, 4.69) is 65.4 Å². The van der Waals surface area contributed by atoms with Crippen molar-refractivity contribution in [3.63, 3.8) is 0 Å². The second kappa shape index (κ2) is 6.00. The van der Waals surface area contributed by atoms with Gasteiger partial charge >= 0.3 is 0 Å². The second-order valence-electron chi connectivity index (χ2n) is 5.49. The summed E-state index contributed by atoms with van der Waals surface area (Å²) in [6.07, 6.45) is 2.38. The molecular formula is C17H20BrNS. The number of hydrogen-bond acceptors (Lipinski definition) is 2. The third kappa shape index (κ3) is 2.59. The van der Waals surface area contributed by atoms with Crippen LogP contribution in [0.25, 0.3) is 0 Å². The summed E-state index contributed by atoms with van der Waals surface area (Å²) in [5.74, 6) is 0.627. The summed E-state index contributed by atoms with van der Waals surface area (Å²) in [4.78, 5) is 2.83. The average Bonchev–Trinajstić information content (AvgIpc) is 2.75. The topological polar surface area (TPSA) is 12.0 Å². The number of hydrogen-bond donors (Lipinski definition) is 1. The summed E-state index contributed by atoms with van der Waals surface area (Å²) in [5, 5.41) is 3.76. The molecule has 2 unspecified atom stereocenters. The van der Waals surface area contributed by atoms with Crippen molar-refractivity contribution in [2.75, 3.05) is 6.54 Å². The van der Waals surface area contributed by atoms with Gasteiger partial charge in [0.1, 0.15) is 0 Å². The molecule has 3 rings (SSSR count). The van der Waals surface area contributed by atoms with Gasteiger partial charge in [-0.05, 0) is 59.4 Å². The Morgan fingerprint density at radius 1 is 1.40 bits per heavy atom. The normalized spacial score (nSPS) is 18.4. The molecular weight excluding hydrogens is 330 g/mol. The van der Waals surface area contributed by atoms with Crippen LogP contribution < -0.4 is 5.32 Å². The number of halogens is 1. The Balaban J connectivity index is 1.88. The van der Waals surface area contributed by atoms with Crippen molar-refractivity contribution in [1.29, 1.82) is 0 Å². The smallest absolute Gasteiger partial charge is 0.0488 e. The van der Waals surface area contributed by atoms with Crippen molar-refractivity contribution >= 4 is 27.3 Å². The summed E-state index contributed by atoms with van der Waals surface area (Å²) in [7, 11) is 0. The lowest BCUT2D eigenvalue weighted by molar-refractivity contribution is 0.417. The van der Waals surface area contributed by atoms with Crippen molar-refractivity contribution in [3.05, 3.63) is 55.7 Å². The van der Waals surface area contributed by atoms with E-state index in [1.54, 1.807) is 0 Å². The first-order valence-electron chi connectivity index (χ1n) is 7.27. The third-order valence-corrected chi connectivity index (χ3v) is 6.31. The molecule has 20 heavy (non-hydrogen) atoms. The van der Waals surface area contributed by atoms with Crippen LogP contribution in [0, 0.1) is 6.92 Å². The van der Waals surface area contributed by atoms with E-state index in [0.717, 1.165) is 6.54 Å². The first kappa shape index (κ1) is 14.3. The molecule has 3 heteroatoms. The molecule has 0 fully saturated rings. The molecule has 1 heterocycles.